The molecule has 0 aliphatic heterocycles. The molecule has 0 unspecified atom stereocenters. The summed E-state index contributed by atoms with van der Waals surface area (Å²) in [6.45, 7) is 0.566. The van der Waals surface area contributed by atoms with E-state index in [-0.39, 0.29) is 18.5 Å². The van der Waals surface area contributed by atoms with Crippen molar-refractivity contribution in [1.29, 1.82) is 0 Å². The molecule has 0 spiro atoms. The molecule has 0 aliphatic rings. The third kappa shape index (κ3) is 22.4. The molecule has 0 aliphatic carbocycles. The minimum absolute atomic E-state index is 0.122. The van der Waals surface area contributed by atoms with Crippen molar-refractivity contribution in [3.05, 3.63) is 0 Å². The summed E-state index contributed by atoms with van der Waals surface area (Å²) in [7, 11) is -2.19. The van der Waals surface area contributed by atoms with Gasteiger partial charge in [0.1, 0.15) is 0 Å². The molecule has 0 saturated carbocycles. The lowest BCUT2D eigenvalue weighted by molar-refractivity contribution is 0.135. The first-order valence-electron chi connectivity index (χ1n) is 3.23. The van der Waals surface area contributed by atoms with Gasteiger partial charge in [0.05, 0.1) is 19.4 Å². The molecule has 0 saturated heterocycles. The Kier molecular flexibility index (Phi) is 11.8. The molecule has 12 heavy (non-hydrogen) atoms. The summed E-state index contributed by atoms with van der Waals surface area (Å²) in [6, 6.07) is 0. The van der Waals surface area contributed by atoms with Crippen LogP contribution in [0, 0.1) is 0 Å². The maximum absolute atomic E-state index is 9.88. The van der Waals surface area contributed by atoms with Gasteiger partial charge in [0, 0.05) is 12.9 Å². The summed E-state index contributed by atoms with van der Waals surface area (Å²) in [5.41, 5.74) is 0. The van der Waals surface area contributed by atoms with E-state index >= 15 is 0 Å². The van der Waals surface area contributed by atoms with Crippen molar-refractivity contribution in [3.63, 3.8) is 0 Å². The van der Waals surface area contributed by atoms with Gasteiger partial charge in [-0.1, -0.05) is 0 Å². The third-order valence-corrected chi connectivity index (χ3v) is 2.07. The van der Waals surface area contributed by atoms with E-state index in [1.807, 2.05) is 0 Å². The van der Waals surface area contributed by atoms with Crippen LogP contribution < -0.4 is 0 Å². The molecule has 0 fully saturated rings. The number of ether oxygens (including phenoxy) is 1. The molecule has 7 heteroatoms. The van der Waals surface area contributed by atoms with Crippen molar-refractivity contribution in [3.8, 4) is 0 Å². The lowest BCUT2D eigenvalue weighted by Gasteiger charge is -1.96. The fourth-order valence-electron chi connectivity index (χ4n) is 0.222. The van der Waals surface area contributed by atoms with Gasteiger partial charge in [0.25, 0.3) is 0 Å². The highest BCUT2D eigenvalue weighted by Crippen LogP contribution is 2.33. The second kappa shape index (κ2) is 9.51. The number of methoxy groups -OCH3 is 1. The Morgan fingerprint density at radius 3 is 2.00 bits per heavy atom. The van der Waals surface area contributed by atoms with E-state index in [1.54, 1.807) is 7.11 Å². The highest BCUT2D eigenvalue weighted by atomic mass is 32.1. The van der Waals surface area contributed by atoms with Crippen molar-refractivity contribution in [2.24, 2.45) is 0 Å². The van der Waals surface area contributed by atoms with Crippen molar-refractivity contribution in [1.82, 2.24) is 0 Å². The molecule has 0 rings (SSSR count). The van der Waals surface area contributed by atoms with Crippen LogP contribution in [0.15, 0.2) is 0 Å². The molecule has 0 bridgehead atoms. The Labute approximate surface area is 77.3 Å². The molecule has 0 aromatic heterocycles. The van der Waals surface area contributed by atoms with Crippen LogP contribution >= 0.6 is 20.2 Å². The van der Waals surface area contributed by atoms with Gasteiger partial charge in [0.2, 0.25) is 0 Å². The first kappa shape index (κ1) is 14.9. The second-order valence-corrected chi connectivity index (χ2v) is 4.05. The zero-order valence-electron chi connectivity index (χ0n) is 6.88. The first-order valence-corrected chi connectivity index (χ1v) is 5.66. The summed E-state index contributed by atoms with van der Waals surface area (Å²) in [4.78, 5) is 16.2. The van der Waals surface area contributed by atoms with Gasteiger partial charge in [0.15, 0.2) is 0 Å². The van der Waals surface area contributed by atoms with Gasteiger partial charge in [-0.3, -0.25) is 4.57 Å². The fraction of sp³-hybridized carbons (Fsp3) is 1.00. The third-order valence-electron chi connectivity index (χ3n) is 0.687. The van der Waals surface area contributed by atoms with Crippen LogP contribution in [-0.2, 0) is 9.30 Å². The average molecular weight is 218 g/mol. The van der Waals surface area contributed by atoms with Gasteiger partial charge >= 0.3 is 7.60 Å². The summed E-state index contributed by atoms with van der Waals surface area (Å²) in [5.74, 6) is 0.240. The van der Waals surface area contributed by atoms with Crippen LogP contribution in [0.4, 0.5) is 0 Å². The zero-order valence-corrected chi connectivity index (χ0v) is 8.67. The smallest absolute Gasteiger partial charge is 0.326 e. The highest BCUT2D eigenvalue weighted by molar-refractivity contribution is 7.80. The minimum Gasteiger partial charge on any atom is -0.394 e. The summed E-state index contributed by atoms with van der Waals surface area (Å²) >= 11 is 3.62. The van der Waals surface area contributed by atoms with E-state index < -0.39 is 7.60 Å². The number of aliphatic hydroxyl groups excluding tert-OH is 1. The Bertz CT molecular complexity index is 123. The maximum atomic E-state index is 9.88. The summed E-state index contributed by atoms with van der Waals surface area (Å²) in [6.07, 6.45) is -0.129. The van der Waals surface area contributed by atoms with Gasteiger partial charge in [-0.05, 0) is 0 Å². The Morgan fingerprint density at radius 2 is 2.00 bits per heavy atom. The van der Waals surface area contributed by atoms with Crippen LogP contribution in [0.3, 0.4) is 0 Å². The van der Waals surface area contributed by atoms with Gasteiger partial charge in [-0.2, -0.15) is 12.6 Å². The van der Waals surface area contributed by atoms with Crippen LogP contribution in [0.1, 0.15) is 0 Å². The summed E-state index contributed by atoms with van der Waals surface area (Å²) in [5, 5.41) is 7.94. The highest BCUT2D eigenvalue weighted by Gasteiger charge is 2.08. The van der Waals surface area contributed by atoms with Crippen molar-refractivity contribution >= 4 is 20.2 Å². The standard InChI is InChI=1S/C3H8O2.C2H7O3PS/c1-5-3-2-4;3-6(4,5)1-2-7/h4H,2-3H2,1H3;7H,1-2H2,(H2,3,4,5). The Morgan fingerprint density at radius 1 is 1.50 bits per heavy atom. The number of hydrogen-bond acceptors (Lipinski definition) is 4. The zero-order chi connectivity index (χ0) is 10.0. The second-order valence-electron chi connectivity index (χ2n) is 1.83. The predicted molar refractivity (Wildman–Crippen MR) is 49.7 cm³/mol. The molecule has 5 nitrogen and oxygen atoms in total. The monoisotopic (exact) mass is 218 g/mol. The SMILES string of the molecule is COCCO.O=P(O)(O)CCS. The summed E-state index contributed by atoms with van der Waals surface area (Å²) < 4.78 is 14.3. The first-order chi connectivity index (χ1) is 5.47. The van der Waals surface area contributed by atoms with E-state index in [1.165, 1.54) is 0 Å². The van der Waals surface area contributed by atoms with E-state index in [2.05, 4.69) is 17.4 Å². The van der Waals surface area contributed by atoms with E-state index in [4.69, 9.17) is 14.9 Å². The largest absolute Gasteiger partial charge is 0.394 e. The van der Waals surface area contributed by atoms with Gasteiger partial charge in [-0.15, -0.1) is 0 Å². The van der Waals surface area contributed by atoms with Crippen LogP contribution in [0.2, 0.25) is 0 Å². The van der Waals surface area contributed by atoms with Crippen molar-refractivity contribution in [2.45, 2.75) is 0 Å². The molecular formula is C5H15O5PS. The van der Waals surface area contributed by atoms with E-state index in [9.17, 15) is 4.57 Å². The minimum atomic E-state index is -3.74. The van der Waals surface area contributed by atoms with Gasteiger partial charge < -0.3 is 19.6 Å². The predicted octanol–water partition coefficient (Wildman–Crippen LogP) is -0.281. The topological polar surface area (TPSA) is 87.0 Å². The molecule has 76 valence electrons. The van der Waals surface area contributed by atoms with Gasteiger partial charge in [-0.25, -0.2) is 0 Å². The van der Waals surface area contributed by atoms with E-state index in [0.717, 1.165) is 0 Å². The molecule has 0 aromatic carbocycles. The average Bonchev–Trinajstić information content (AvgIpc) is 1.87. The molecule has 0 atom stereocenters. The van der Waals surface area contributed by atoms with Crippen molar-refractivity contribution in [2.75, 3.05) is 32.2 Å². The Balaban J connectivity index is 0. The molecule has 0 amide bonds. The maximum Gasteiger partial charge on any atom is 0.326 e. The molecule has 0 heterocycles. The molecule has 0 aromatic rings. The van der Waals surface area contributed by atoms with Crippen LogP contribution in [0.5, 0.6) is 0 Å². The molecule has 3 N–H and O–H groups in total. The fourth-order valence-corrected chi connectivity index (χ4v) is 1.26. The number of aliphatic hydroxyl groups is 1. The Hall–Kier alpha value is 0.420. The normalized spacial score (nSPS) is 10.4. The molecular weight excluding hydrogens is 203 g/mol. The van der Waals surface area contributed by atoms with Crippen LogP contribution in [-0.4, -0.2) is 47.1 Å². The number of hydrogen-bond donors (Lipinski definition) is 4. The number of thiol groups is 1. The lowest BCUT2D eigenvalue weighted by Crippen LogP contribution is -1.91. The van der Waals surface area contributed by atoms with Crippen molar-refractivity contribution < 1.29 is 24.2 Å². The van der Waals surface area contributed by atoms with Crippen LogP contribution in [0.25, 0.3) is 0 Å². The lowest BCUT2D eigenvalue weighted by atomic mass is 10.8. The number of rotatable bonds is 4. The van der Waals surface area contributed by atoms with E-state index in [0.29, 0.717) is 6.61 Å². The molecule has 0 radical (unpaired) electrons. The quantitative estimate of drug-likeness (QED) is 0.385.